The van der Waals surface area contributed by atoms with E-state index in [1.807, 2.05) is 42.5 Å². The second-order valence-electron chi connectivity index (χ2n) is 6.05. The quantitative estimate of drug-likeness (QED) is 0.749. The van der Waals surface area contributed by atoms with Crippen LogP contribution in [0.15, 0.2) is 54.6 Å². The summed E-state index contributed by atoms with van der Waals surface area (Å²) < 4.78 is 5.21. The fourth-order valence-corrected chi connectivity index (χ4v) is 2.57. The van der Waals surface area contributed by atoms with Gasteiger partial charge in [0.05, 0.1) is 7.11 Å². The third-order valence-corrected chi connectivity index (χ3v) is 4.04. The molecule has 0 bridgehead atoms. The molecule has 1 N–H and O–H groups in total. The van der Waals surface area contributed by atoms with Gasteiger partial charge < -0.3 is 19.9 Å². The molecule has 2 amide bonds. The molecule has 0 atom stereocenters. The van der Waals surface area contributed by atoms with Gasteiger partial charge in [-0.05, 0) is 36.2 Å². The van der Waals surface area contributed by atoms with Crippen LogP contribution in [-0.4, -0.2) is 45.2 Å². The average Bonchev–Trinajstić information content (AvgIpc) is 2.65. The fourth-order valence-electron chi connectivity index (χ4n) is 2.57. The number of hydrogen-bond acceptors (Lipinski definition) is 3. The first-order valence-electron chi connectivity index (χ1n) is 8.48. The summed E-state index contributed by atoms with van der Waals surface area (Å²) in [7, 11) is 5.50. The third-order valence-electron chi connectivity index (χ3n) is 4.04. The van der Waals surface area contributed by atoms with Crippen LogP contribution in [0.2, 0.25) is 0 Å². The van der Waals surface area contributed by atoms with Gasteiger partial charge >= 0.3 is 6.03 Å². The lowest BCUT2D eigenvalue weighted by Gasteiger charge is -2.21. The highest BCUT2D eigenvalue weighted by molar-refractivity contribution is 5.73. The van der Waals surface area contributed by atoms with E-state index in [1.165, 1.54) is 5.69 Å². The summed E-state index contributed by atoms with van der Waals surface area (Å²) in [5.41, 5.74) is 2.23. The number of nitrogens with one attached hydrogen (secondary N) is 1. The van der Waals surface area contributed by atoms with Crippen LogP contribution in [0, 0.1) is 0 Å². The molecule has 5 heteroatoms. The van der Waals surface area contributed by atoms with Crippen LogP contribution >= 0.6 is 0 Å². The minimum atomic E-state index is -0.0646. The maximum atomic E-state index is 12.2. The van der Waals surface area contributed by atoms with Crippen molar-refractivity contribution < 1.29 is 9.53 Å². The molecule has 0 fully saturated rings. The molecule has 0 aliphatic rings. The molecule has 134 valence electrons. The average molecular weight is 341 g/mol. The van der Waals surface area contributed by atoms with Crippen molar-refractivity contribution in [1.82, 2.24) is 10.2 Å². The van der Waals surface area contributed by atoms with Gasteiger partial charge in [-0.25, -0.2) is 4.79 Å². The van der Waals surface area contributed by atoms with Crippen LogP contribution in [-0.2, 0) is 6.54 Å². The molecule has 2 rings (SSSR count). The second kappa shape index (κ2) is 9.57. The number of para-hydroxylation sites is 1. The van der Waals surface area contributed by atoms with Gasteiger partial charge in [0.1, 0.15) is 5.75 Å². The number of nitrogens with zero attached hydrogens (tertiary/aromatic N) is 2. The van der Waals surface area contributed by atoms with Gasteiger partial charge in [-0.15, -0.1) is 0 Å². The zero-order valence-electron chi connectivity index (χ0n) is 15.2. The highest BCUT2D eigenvalue weighted by Gasteiger charge is 2.09. The molecule has 0 aliphatic carbocycles. The number of ether oxygens (including phenoxy) is 1. The van der Waals surface area contributed by atoms with Crippen LogP contribution in [0.5, 0.6) is 5.75 Å². The molecule has 25 heavy (non-hydrogen) atoms. The molecule has 2 aromatic rings. The number of urea groups is 1. The summed E-state index contributed by atoms with van der Waals surface area (Å²) in [6, 6.07) is 17.9. The fraction of sp³-hybridized carbons (Fsp3) is 0.350. The molecule has 5 nitrogen and oxygen atoms in total. The van der Waals surface area contributed by atoms with Crippen molar-refractivity contribution in [1.29, 1.82) is 0 Å². The molecule has 0 saturated carbocycles. The first kappa shape index (κ1) is 18.6. The van der Waals surface area contributed by atoms with Gasteiger partial charge in [-0.2, -0.15) is 0 Å². The summed E-state index contributed by atoms with van der Waals surface area (Å²) in [5, 5.41) is 2.97. The standard InChI is InChI=1S/C20H27N3O2/c1-22(18-10-5-4-6-11-18)14-8-13-21-20(24)23(2)16-17-9-7-12-19(15-17)25-3/h4-7,9-12,15H,8,13-14,16H2,1-3H3,(H,21,24). The Morgan fingerprint density at radius 2 is 1.84 bits per heavy atom. The van der Waals surface area contributed by atoms with Crippen LogP contribution in [0.4, 0.5) is 10.5 Å². The Labute approximate surface area is 150 Å². The number of carbonyl (C=O) groups excluding carboxylic acids is 1. The van der Waals surface area contributed by atoms with Crippen LogP contribution < -0.4 is 15.0 Å². The van der Waals surface area contributed by atoms with Crippen molar-refractivity contribution >= 4 is 11.7 Å². The summed E-state index contributed by atoms with van der Waals surface area (Å²) in [6.07, 6.45) is 0.893. The highest BCUT2D eigenvalue weighted by atomic mass is 16.5. The minimum absolute atomic E-state index is 0.0646. The maximum absolute atomic E-state index is 12.2. The van der Waals surface area contributed by atoms with Gasteiger partial charge in [0.25, 0.3) is 0 Å². The van der Waals surface area contributed by atoms with Crippen molar-refractivity contribution in [2.24, 2.45) is 0 Å². The largest absolute Gasteiger partial charge is 0.497 e. The van der Waals surface area contributed by atoms with Gasteiger partial charge in [-0.3, -0.25) is 0 Å². The summed E-state index contributed by atoms with van der Waals surface area (Å²) in [6.45, 7) is 2.09. The predicted octanol–water partition coefficient (Wildman–Crippen LogP) is 3.36. The zero-order chi connectivity index (χ0) is 18.1. The van der Waals surface area contributed by atoms with Crippen molar-refractivity contribution in [3.05, 3.63) is 60.2 Å². The minimum Gasteiger partial charge on any atom is -0.497 e. The highest BCUT2D eigenvalue weighted by Crippen LogP contribution is 2.14. The zero-order valence-corrected chi connectivity index (χ0v) is 15.2. The van der Waals surface area contributed by atoms with Crippen molar-refractivity contribution in [2.75, 3.05) is 39.2 Å². The lowest BCUT2D eigenvalue weighted by molar-refractivity contribution is 0.207. The van der Waals surface area contributed by atoms with Gasteiger partial charge in [-0.1, -0.05) is 30.3 Å². The molecule has 0 unspecified atom stereocenters. The summed E-state index contributed by atoms with van der Waals surface area (Å²) in [5.74, 6) is 0.801. The lowest BCUT2D eigenvalue weighted by Crippen LogP contribution is -2.38. The van der Waals surface area contributed by atoms with E-state index in [0.29, 0.717) is 13.1 Å². The van der Waals surface area contributed by atoms with E-state index < -0.39 is 0 Å². The molecule has 0 aromatic heterocycles. The van der Waals surface area contributed by atoms with Crippen molar-refractivity contribution in [3.8, 4) is 5.75 Å². The Hall–Kier alpha value is -2.69. The molecular weight excluding hydrogens is 314 g/mol. The Balaban J connectivity index is 1.70. The number of methoxy groups -OCH3 is 1. The maximum Gasteiger partial charge on any atom is 0.317 e. The van der Waals surface area contributed by atoms with E-state index in [0.717, 1.165) is 24.3 Å². The lowest BCUT2D eigenvalue weighted by atomic mass is 10.2. The SMILES string of the molecule is COc1cccc(CN(C)C(=O)NCCCN(C)c2ccccc2)c1. The summed E-state index contributed by atoms with van der Waals surface area (Å²) >= 11 is 0. The number of benzene rings is 2. The molecule has 2 aromatic carbocycles. The van der Waals surface area contributed by atoms with Crippen LogP contribution in [0.25, 0.3) is 0 Å². The Morgan fingerprint density at radius 3 is 2.56 bits per heavy atom. The van der Waals surface area contributed by atoms with E-state index in [9.17, 15) is 4.79 Å². The van der Waals surface area contributed by atoms with E-state index >= 15 is 0 Å². The van der Waals surface area contributed by atoms with E-state index in [4.69, 9.17) is 4.74 Å². The smallest absolute Gasteiger partial charge is 0.317 e. The molecule has 0 spiro atoms. The monoisotopic (exact) mass is 341 g/mol. The van der Waals surface area contributed by atoms with E-state index in [2.05, 4.69) is 29.4 Å². The number of anilines is 1. The Bertz CT molecular complexity index is 661. The van der Waals surface area contributed by atoms with Crippen molar-refractivity contribution in [2.45, 2.75) is 13.0 Å². The third kappa shape index (κ3) is 6.03. The Kier molecular flexibility index (Phi) is 7.14. The topological polar surface area (TPSA) is 44.8 Å². The molecule has 0 radical (unpaired) electrons. The summed E-state index contributed by atoms with van der Waals surface area (Å²) in [4.78, 5) is 16.0. The number of rotatable bonds is 8. The van der Waals surface area contributed by atoms with Gasteiger partial charge in [0.2, 0.25) is 0 Å². The number of amides is 2. The van der Waals surface area contributed by atoms with Gasteiger partial charge in [0, 0.05) is 39.4 Å². The van der Waals surface area contributed by atoms with Gasteiger partial charge in [0.15, 0.2) is 0 Å². The predicted molar refractivity (Wildman–Crippen MR) is 102 cm³/mol. The van der Waals surface area contributed by atoms with E-state index in [-0.39, 0.29) is 6.03 Å². The molecule has 0 aliphatic heterocycles. The molecule has 0 saturated heterocycles. The molecular formula is C20H27N3O2. The van der Waals surface area contributed by atoms with Crippen molar-refractivity contribution in [3.63, 3.8) is 0 Å². The normalized spacial score (nSPS) is 10.2. The van der Waals surface area contributed by atoms with E-state index in [1.54, 1.807) is 19.1 Å². The second-order valence-corrected chi connectivity index (χ2v) is 6.05. The van der Waals surface area contributed by atoms with Crippen LogP contribution in [0.1, 0.15) is 12.0 Å². The van der Waals surface area contributed by atoms with Crippen LogP contribution in [0.3, 0.4) is 0 Å². The number of hydrogen-bond donors (Lipinski definition) is 1. The number of carbonyl (C=O) groups is 1. The molecule has 0 heterocycles. The Morgan fingerprint density at radius 1 is 1.08 bits per heavy atom. The first-order chi connectivity index (χ1) is 12.1. The first-order valence-corrected chi connectivity index (χ1v) is 8.48.